The molecule has 0 atom stereocenters. The number of nitrogens with zero attached hydrogens (tertiary/aromatic N) is 2. The summed E-state index contributed by atoms with van der Waals surface area (Å²) in [6, 6.07) is 17.2. The van der Waals surface area contributed by atoms with E-state index in [1.165, 1.54) is 22.5 Å². The van der Waals surface area contributed by atoms with Crippen molar-refractivity contribution in [2.45, 2.75) is 13.5 Å². The van der Waals surface area contributed by atoms with Gasteiger partial charge in [-0.15, -0.1) is 0 Å². The minimum Gasteiger partial charge on any atom is -0.368 e. The molecule has 3 rings (SSSR count). The molecular formula is C18H23N3. The van der Waals surface area contributed by atoms with E-state index >= 15 is 0 Å². The summed E-state index contributed by atoms with van der Waals surface area (Å²) in [6.07, 6.45) is 0. The van der Waals surface area contributed by atoms with Gasteiger partial charge in [0.15, 0.2) is 0 Å². The Morgan fingerprint density at radius 2 is 1.57 bits per heavy atom. The van der Waals surface area contributed by atoms with Crippen LogP contribution in [-0.2, 0) is 6.54 Å². The Labute approximate surface area is 127 Å². The zero-order valence-corrected chi connectivity index (χ0v) is 12.6. The summed E-state index contributed by atoms with van der Waals surface area (Å²) in [5.74, 6) is 0. The van der Waals surface area contributed by atoms with E-state index in [0.717, 1.165) is 26.2 Å². The fourth-order valence-corrected chi connectivity index (χ4v) is 3.04. The van der Waals surface area contributed by atoms with Crippen LogP contribution in [0, 0.1) is 6.92 Å². The van der Waals surface area contributed by atoms with Crippen LogP contribution in [0.4, 0.5) is 11.4 Å². The minimum atomic E-state index is 0.614. The van der Waals surface area contributed by atoms with Crippen molar-refractivity contribution in [2.75, 3.05) is 36.0 Å². The van der Waals surface area contributed by atoms with Crippen molar-refractivity contribution in [2.24, 2.45) is 5.73 Å². The van der Waals surface area contributed by atoms with E-state index in [4.69, 9.17) is 5.73 Å². The van der Waals surface area contributed by atoms with E-state index < -0.39 is 0 Å². The van der Waals surface area contributed by atoms with Crippen LogP contribution in [0.2, 0.25) is 0 Å². The quantitative estimate of drug-likeness (QED) is 0.939. The summed E-state index contributed by atoms with van der Waals surface area (Å²) in [4.78, 5) is 4.94. The normalized spacial score (nSPS) is 15.3. The molecule has 0 spiro atoms. The SMILES string of the molecule is Cc1cc(CN)ccc1N1CCN(c2ccccc2)CC1. The van der Waals surface area contributed by atoms with Crippen molar-refractivity contribution < 1.29 is 0 Å². The highest BCUT2D eigenvalue weighted by atomic mass is 15.3. The standard InChI is InChI=1S/C18H23N3/c1-15-13-16(14-19)7-8-18(15)21-11-9-20(10-12-21)17-5-3-2-4-6-17/h2-8,13H,9-12,14,19H2,1H3. The van der Waals surface area contributed by atoms with Gasteiger partial charge in [0.05, 0.1) is 0 Å². The molecule has 0 saturated carbocycles. The van der Waals surface area contributed by atoms with E-state index in [-0.39, 0.29) is 0 Å². The van der Waals surface area contributed by atoms with Crippen molar-refractivity contribution in [1.82, 2.24) is 0 Å². The van der Waals surface area contributed by atoms with Crippen LogP contribution in [0.25, 0.3) is 0 Å². The van der Waals surface area contributed by atoms with Crippen molar-refractivity contribution >= 4 is 11.4 Å². The van der Waals surface area contributed by atoms with Gasteiger partial charge in [0.2, 0.25) is 0 Å². The zero-order chi connectivity index (χ0) is 14.7. The molecule has 110 valence electrons. The van der Waals surface area contributed by atoms with Crippen molar-refractivity contribution in [3.63, 3.8) is 0 Å². The molecule has 1 fully saturated rings. The van der Waals surface area contributed by atoms with Gasteiger partial charge in [0.25, 0.3) is 0 Å². The number of piperazine rings is 1. The summed E-state index contributed by atoms with van der Waals surface area (Å²) >= 11 is 0. The molecule has 2 aromatic rings. The second kappa shape index (κ2) is 6.19. The smallest absolute Gasteiger partial charge is 0.0397 e. The minimum absolute atomic E-state index is 0.614. The Kier molecular flexibility index (Phi) is 4.11. The molecule has 1 aliphatic rings. The van der Waals surface area contributed by atoms with Crippen LogP contribution in [0.1, 0.15) is 11.1 Å². The number of nitrogens with two attached hydrogens (primary N) is 1. The molecule has 2 aromatic carbocycles. The van der Waals surface area contributed by atoms with Crippen LogP contribution in [0.3, 0.4) is 0 Å². The first-order chi connectivity index (χ1) is 10.3. The molecule has 0 aliphatic carbocycles. The van der Waals surface area contributed by atoms with Crippen LogP contribution < -0.4 is 15.5 Å². The summed E-state index contributed by atoms with van der Waals surface area (Å²) in [6.45, 7) is 7.07. The first kappa shape index (κ1) is 14.0. The molecule has 0 aromatic heterocycles. The molecule has 2 N–H and O–H groups in total. The lowest BCUT2D eigenvalue weighted by molar-refractivity contribution is 0.652. The first-order valence-electron chi connectivity index (χ1n) is 7.62. The van der Waals surface area contributed by atoms with E-state index in [1.54, 1.807) is 0 Å². The second-order valence-corrected chi connectivity index (χ2v) is 5.63. The van der Waals surface area contributed by atoms with Crippen molar-refractivity contribution in [1.29, 1.82) is 0 Å². The van der Waals surface area contributed by atoms with Gasteiger partial charge in [-0.2, -0.15) is 0 Å². The summed E-state index contributed by atoms with van der Waals surface area (Å²) in [5.41, 5.74) is 10.9. The number of para-hydroxylation sites is 1. The van der Waals surface area contributed by atoms with Crippen LogP contribution in [0.5, 0.6) is 0 Å². The van der Waals surface area contributed by atoms with Gasteiger partial charge < -0.3 is 15.5 Å². The average molecular weight is 281 g/mol. The summed E-state index contributed by atoms with van der Waals surface area (Å²) in [7, 11) is 0. The van der Waals surface area contributed by atoms with E-state index in [2.05, 4.69) is 65.3 Å². The van der Waals surface area contributed by atoms with E-state index in [9.17, 15) is 0 Å². The molecule has 0 unspecified atom stereocenters. The maximum absolute atomic E-state index is 5.71. The van der Waals surface area contributed by atoms with Crippen molar-refractivity contribution in [3.05, 3.63) is 59.7 Å². The van der Waals surface area contributed by atoms with Gasteiger partial charge >= 0.3 is 0 Å². The van der Waals surface area contributed by atoms with Gasteiger partial charge in [0.1, 0.15) is 0 Å². The highest BCUT2D eigenvalue weighted by Gasteiger charge is 2.18. The molecule has 1 heterocycles. The van der Waals surface area contributed by atoms with Gasteiger partial charge in [-0.1, -0.05) is 30.3 Å². The lowest BCUT2D eigenvalue weighted by atomic mass is 10.1. The number of hydrogen-bond acceptors (Lipinski definition) is 3. The molecular weight excluding hydrogens is 258 g/mol. The monoisotopic (exact) mass is 281 g/mol. The molecule has 1 aliphatic heterocycles. The molecule has 3 heteroatoms. The fourth-order valence-electron chi connectivity index (χ4n) is 3.04. The highest BCUT2D eigenvalue weighted by Crippen LogP contribution is 2.24. The van der Waals surface area contributed by atoms with Gasteiger partial charge in [-0.3, -0.25) is 0 Å². The Bertz CT molecular complexity index is 587. The maximum Gasteiger partial charge on any atom is 0.0397 e. The number of rotatable bonds is 3. The lowest BCUT2D eigenvalue weighted by Gasteiger charge is -2.38. The predicted molar refractivity (Wildman–Crippen MR) is 89.9 cm³/mol. The molecule has 0 amide bonds. The number of benzene rings is 2. The van der Waals surface area contributed by atoms with Crippen LogP contribution in [-0.4, -0.2) is 26.2 Å². The number of anilines is 2. The third-order valence-corrected chi connectivity index (χ3v) is 4.24. The molecule has 0 radical (unpaired) electrons. The van der Waals surface area contributed by atoms with Gasteiger partial charge in [0, 0.05) is 44.1 Å². The molecule has 0 bridgehead atoms. The first-order valence-corrected chi connectivity index (χ1v) is 7.62. The highest BCUT2D eigenvalue weighted by molar-refractivity contribution is 5.56. The maximum atomic E-state index is 5.71. The zero-order valence-electron chi connectivity index (χ0n) is 12.6. The predicted octanol–water partition coefficient (Wildman–Crippen LogP) is 2.78. The van der Waals surface area contributed by atoms with E-state index in [0.29, 0.717) is 6.54 Å². The lowest BCUT2D eigenvalue weighted by Crippen LogP contribution is -2.46. The van der Waals surface area contributed by atoms with Crippen LogP contribution >= 0.6 is 0 Å². The van der Waals surface area contributed by atoms with E-state index in [1.807, 2.05) is 0 Å². The topological polar surface area (TPSA) is 32.5 Å². The Morgan fingerprint density at radius 1 is 0.905 bits per heavy atom. The second-order valence-electron chi connectivity index (χ2n) is 5.63. The third kappa shape index (κ3) is 3.03. The van der Waals surface area contributed by atoms with Gasteiger partial charge in [-0.25, -0.2) is 0 Å². The molecule has 21 heavy (non-hydrogen) atoms. The Hall–Kier alpha value is -2.00. The summed E-state index contributed by atoms with van der Waals surface area (Å²) < 4.78 is 0. The molecule has 3 nitrogen and oxygen atoms in total. The van der Waals surface area contributed by atoms with Gasteiger partial charge in [-0.05, 0) is 36.2 Å². The summed E-state index contributed by atoms with van der Waals surface area (Å²) in [5, 5.41) is 0. The van der Waals surface area contributed by atoms with Crippen molar-refractivity contribution in [3.8, 4) is 0 Å². The number of aryl methyl sites for hydroxylation is 1. The Balaban J connectivity index is 1.68. The largest absolute Gasteiger partial charge is 0.368 e. The molecule has 1 saturated heterocycles. The van der Waals surface area contributed by atoms with Crippen LogP contribution in [0.15, 0.2) is 48.5 Å². The average Bonchev–Trinajstić information content (AvgIpc) is 2.56. The third-order valence-electron chi connectivity index (χ3n) is 4.24. The Morgan fingerprint density at radius 3 is 2.19 bits per heavy atom. The number of hydrogen-bond donors (Lipinski definition) is 1. The fraction of sp³-hybridized carbons (Fsp3) is 0.333.